The topological polar surface area (TPSA) is 72.2 Å². The van der Waals surface area contributed by atoms with E-state index < -0.39 is 0 Å². The predicted molar refractivity (Wildman–Crippen MR) is 147 cm³/mol. The summed E-state index contributed by atoms with van der Waals surface area (Å²) in [5, 5.41) is 4.26. The third-order valence-electron chi connectivity index (χ3n) is 6.06. The highest BCUT2D eigenvalue weighted by atomic mass is 35.5. The van der Waals surface area contributed by atoms with Crippen molar-refractivity contribution >= 4 is 45.8 Å². The number of imidazole rings is 1. The van der Waals surface area contributed by atoms with Gasteiger partial charge in [-0.05, 0) is 54.1 Å². The Morgan fingerprint density at radius 3 is 2.11 bits per heavy atom. The van der Waals surface area contributed by atoms with Gasteiger partial charge in [-0.3, -0.25) is 4.79 Å². The lowest BCUT2D eigenvalue weighted by Crippen LogP contribution is -2.23. The second-order valence-corrected chi connectivity index (χ2v) is 9.42. The standard InChI is InChI=1S/C29H19Cl2N5O/c30-22-7-2-19(3-8-22)27-28(20-4-9-23(31)10-5-20)35-25-15-21(6-11-24(25)34-27)29(37)33-16-18-1-12-26-32-13-14-36(26)17-18/h1-15,17H,16H2,(H,33,37). The lowest BCUT2D eigenvalue weighted by Gasteiger charge is -2.12. The monoisotopic (exact) mass is 523 g/mol. The minimum absolute atomic E-state index is 0.191. The van der Waals surface area contributed by atoms with E-state index in [1.54, 1.807) is 18.3 Å². The number of benzene rings is 3. The first-order valence-electron chi connectivity index (χ1n) is 11.6. The lowest BCUT2D eigenvalue weighted by molar-refractivity contribution is 0.0951. The maximum atomic E-state index is 13.0. The molecule has 1 N–H and O–H groups in total. The molecule has 0 fully saturated rings. The second kappa shape index (κ2) is 9.65. The summed E-state index contributed by atoms with van der Waals surface area (Å²) in [6.07, 6.45) is 5.56. The number of hydrogen-bond acceptors (Lipinski definition) is 4. The molecule has 0 aliphatic heterocycles. The van der Waals surface area contributed by atoms with E-state index in [1.165, 1.54) is 0 Å². The van der Waals surface area contributed by atoms with Crippen molar-refractivity contribution in [3.05, 3.63) is 119 Å². The van der Waals surface area contributed by atoms with E-state index >= 15 is 0 Å². The molecule has 8 heteroatoms. The van der Waals surface area contributed by atoms with Gasteiger partial charge < -0.3 is 9.72 Å². The van der Waals surface area contributed by atoms with E-state index in [2.05, 4.69) is 10.3 Å². The molecule has 3 heterocycles. The molecular formula is C29H19Cl2N5O. The van der Waals surface area contributed by atoms with Crippen LogP contribution in [-0.2, 0) is 6.54 Å². The summed E-state index contributed by atoms with van der Waals surface area (Å²) >= 11 is 12.2. The molecule has 3 aromatic carbocycles. The number of halogens is 2. The molecule has 37 heavy (non-hydrogen) atoms. The van der Waals surface area contributed by atoms with Crippen LogP contribution in [0.3, 0.4) is 0 Å². The Morgan fingerprint density at radius 1 is 0.784 bits per heavy atom. The first-order valence-corrected chi connectivity index (χ1v) is 12.3. The molecule has 0 aliphatic rings. The number of hydrogen-bond donors (Lipinski definition) is 1. The molecular weight excluding hydrogens is 505 g/mol. The normalized spacial score (nSPS) is 11.2. The van der Waals surface area contributed by atoms with Gasteiger partial charge in [0.2, 0.25) is 0 Å². The van der Waals surface area contributed by atoms with Gasteiger partial charge in [0.25, 0.3) is 5.91 Å². The fourth-order valence-electron chi connectivity index (χ4n) is 4.17. The van der Waals surface area contributed by atoms with E-state index in [0.717, 1.165) is 28.0 Å². The van der Waals surface area contributed by atoms with Crippen molar-refractivity contribution in [3.8, 4) is 22.5 Å². The SMILES string of the molecule is O=C(NCc1ccc2nccn2c1)c1ccc2nc(-c3ccc(Cl)cc3)c(-c3ccc(Cl)cc3)nc2c1. The molecule has 0 saturated carbocycles. The van der Waals surface area contributed by atoms with Crippen LogP contribution >= 0.6 is 23.2 Å². The number of carbonyl (C=O) groups excluding carboxylic acids is 1. The Kier molecular flexibility index (Phi) is 6.04. The summed E-state index contributed by atoms with van der Waals surface area (Å²) in [4.78, 5) is 27.1. The van der Waals surface area contributed by atoms with Crippen LogP contribution in [0.5, 0.6) is 0 Å². The third kappa shape index (κ3) is 4.77. The van der Waals surface area contributed by atoms with Gasteiger partial charge in [0.05, 0.1) is 22.4 Å². The van der Waals surface area contributed by atoms with E-state index in [1.807, 2.05) is 83.5 Å². The number of amides is 1. The minimum atomic E-state index is -0.191. The highest BCUT2D eigenvalue weighted by molar-refractivity contribution is 6.31. The molecule has 0 aliphatic carbocycles. The molecule has 6 aromatic rings. The van der Waals surface area contributed by atoms with Gasteiger partial charge in [0, 0.05) is 51.9 Å². The summed E-state index contributed by atoms with van der Waals surface area (Å²) in [6, 6.07) is 24.2. The summed E-state index contributed by atoms with van der Waals surface area (Å²) in [7, 11) is 0. The Hall–Kier alpha value is -4.26. The van der Waals surface area contributed by atoms with E-state index in [4.69, 9.17) is 33.2 Å². The average molecular weight is 524 g/mol. The van der Waals surface area contributed by atoms with Crippen molar-refractivity contribution in [2.45, 2.75) is 6.54 Å². The molecule has 0 radical (unpaired) electrons. The van der Waals surface area contributed by atoms with Crippen LogP contribution in [0.15, 0.2) is 97.5 Å². The van der Waals surface area contributed by atoms with Crippen LogP contribution in [-0.4, -0.2) is 25.3 Å². The Bertz CT molecular complexity index is 1760. The van der Waals surface area contributed by atoms with Crippen molar-refractivity contribution in [1.82, 2.24) is 24.7 Å². The Morgan fingerprint density at radius 2 is 1.43 bits per heavy atom. The van der Waals surface area contributed by atoms with Gasteiger partial charge in [-0.2, -0.15) is 0 Å². The number of fused-ring (bicyclic) bond motifs is 2. The quantitative estimate of drug-likeness (QED) is 0.268. The van der Waals surface area contributed by atoms with Crippen molar-refractivity contribution in [2.24, 2.45) is 0 Å². The maximum Gasteiger partial charge on any atom is 0.251 e. The third-order valence-corrected chi connectivity index (χ3v) is 6.57. The predicted octanol–water partition coefficient (Wildman–Crippen LogP) is 6.85. The number of aromatic nitrogens is 4. The summed E-state index contributed by atoms with van der Waals surface area (Å²) < 4.78 is 1.92. The first kappa shape index (κ1) is 23.2. The average Bonchev–Trinajstić information content (AvgIpc) is 3.40. The van der Waals surface area contributed by atoms with E-state index in [-0.39, 0.29) is 5.91 Å². The number of rotatable bonds is 5. The van der Waals surface area contributed by atoms with Gasteiger partial charge in [0.1, 0.15) is 5.65 Å². The maximum absolute atomic E-state index is 13.0. The van der Waals surface area contributed by atoms with Crippen LogP contribution in [0.4, 0.5) is 0 Å². The van der Waals surface area contributed by atoms with Crippen LogP contribution in [0, 0.1) is 0 Å². The molecule has 0 bridgehead atoms. The fraction of sp³-hybridized carbons (Fsp3) is 0.0345. The van der Waals surface area contributed by atoms with Crippen molar-refractivity contribution in [1.29, 1.82) is 0 Å². The molecule has 0 saturated heterocycles. The zero-order valence-corrected chi connectivity index (χ0v) is 20.9. The smallest absolute Gasteiger partial charge is 0.251 e. The zero-order valence-electron chi connectivity index (χ0n) is 19.4. The van der Waals surface area contributed by atoms with Gasteiger partial charge in [0.15, 0.2) is 0 Å². The van der Waals surface area contributed by atoms with Gasteiger partial charge >= 0.3 is 0 Å². The summed E-state index contributed by atoms with van der Waals surface area (Å²) in [6.45, 7) is 0.391. The van der Waals surface area contributed by atoms with Crippen LogP contribution in [0.1, 0.15) is 15.9 Å². The lowest BCUT2D eigenvalue weighted by atomic mass is 10.0. The molecule has 1 amide bonds. The first-order chi connectivity index (χ1) is 18.0. The molecule has 6 rings (SSSR count). The van der Waals surface area contributed by atoms with E-state index in [9.17, 15) is 4.79 Å². The minimum Gasteiger partial charge on any atom is -0.348 e. The van der Waals surface area contributed by atoms with Crippen LogP contribution in [0.25, 0.3) is 39.2 Å². The molecule has 0 atom stereocenters. The molecule has 3 aromatic heterocycles. The Balaban J connectivity index is 1.35. The van der Waals surface area contributed by atoms with Crippen molar-refractivity contribution in [2.75, 3.05) is 0 Å². The van der Waals surface area contributed by atoms with Gasteiger partial charge in [-0.1, -0.05) is 53.5 Å². The molecule has 0 unspecified atom stereocenters. The Labute approximate surface area is 222 Å². The van der Waals surface area contributed by atoms with Gasteiger partial charge in [-0.25, -0.2) is 15.0 Å². The molecule has 180 valence electrons. The van der Waals surface area contributed by atoms with E-state index in [0.29, 0.717) is 38.9 Å². The van der Waals surface area contributed by atoms with Gasteiger partial charge in [-0.15, -0.1) is 0 Å². The second-order valence-electron chi connectivity index (χ2n) is 8.55. The summed E-state index contributed by atoms with van der Waals surface area (Å²) in [5.41, 5.74) is 6.81. The van der Waals surface area contributed by atoms with Crippen molar-refractivity contribution < 1.29 is 4.79 Å². The molecule has 0 spiro atoms. The fourth-order valence-corrected chi connectivity index (χ4v) is 4.42. The highest BCUT2D eigenvalue weighted by Gasteiger charge is 2.15. The summed E-state index contributed by atoms with van der Waals surface area (Å²) in [5.74, 6) is -0.191. The molecule has 6 nitrogen and oxygen atoms in total. The highest BCUT2D eigenvalue weighted by Crippen LogP contribution is 2.32. The largest absolute Gasteiger partial charge is 0.348 e. The number of carbonyl (C=O) groups is 1. The van der Waals surface area contributed by atoms with Crippen LogP contribution < -0.4 is 5.32 Å². The van der Waals surface area contributed by atoms with Crippen LogP contribution in [0.2, 0.25) is 10.0 Å². The zero-order chi connectivity index (χ0) is 25.4. The van der Waals surface area contributed by atoms with Crippen molar-refractivity contribution in [3.63, 3.8) is 0 Å². The number of nitrogens with one attached hydrogen (secondary N) is 1. The number of nitrogens with zero attached hydrogens (tertiary/aromatic N) is 4. The number of pyridine rings is 1.